The Hall–Kier alpha value is -2.51. The van der Waals surface area contributed by atoms with Crippen molar-refractivity contribution in [1.29, 1.82) is 0 Å². The molecule has 0 N–H and O–H groups in total. The number of thiophene rings is 1. The molecule has 0 unspecified atom stereocenters. The Morgan fingerprint density at radius 2 is 1.81 bits per heavy atom. The van der Waals surface area contributed by atoms with Gasteiger partial charge in [0.25, 0.3) is 5.91 Å². The van der Waals surface area contributed by atoms with Gasteiger partial charge in [-0.25, -0.2) is 12.8 Å². The maximum absolute atomic E-state index is 14.0. The molecule has 3 aromatic rings. The zero-order valence-electron chi connectivity index (χ0n) is 13.8. The summed E-state index contributed by atoms with van der Waals surface area (Å²) in [5.74, 6) is -0.992. The second-order valence-corrected chi connectivity index (χ2v) is 9.05. The standard InChI is InChI=1S/C19H14FNO3S2/c1-21(15-8-4-3-7-14(15)20)19(22)16-10-12-11-26(23,24)17-9-5-2-6-13(17)18(12)25-16/h2-10H,11H2,1H3. The number of carbonyl (C=O) groups excluding carboxylic acids is 1. The predicted molar refractivity (Wildman–Crippen MR) is 99.8 cm³/mol. The monoisotopic (exact) mass is 387 g/mol. The molecule has 0 saturated carbocycles. The van der Waals surface area contributed by atoms with Crippen molar-refractivity contribution in [2.24, 2.45) is 0 Å². The smallest absolute Gasteiger partial charge is 0.268 e. The molecule has 7 heteroatoms. The van der Waals surface area contributed by atoms with Crippen molar-refractivity contribution in [3.8, 4) is 10.4 Å². The van der Waals surface area contributed by atoms with E-state index in [2.05, 4.69) is 0 Å². The van der Waals surface area contributed by atoms with Crippen molar-refractivity contribution in [2.75, 3.05) is 11.9 Å². The number of hydrogen-bond donors (Lipinski definition) is 0. The Kier molecular flexibility index (Phi) is 3.93. The number of carbonyl (C=O) groups is 1. The molecule has 26 heavy (non-hydrogen) atoms. The number of fused-ring (bicyclic) bond motifs is 3. The molecule has 2 aromatic carbocycles. The Morgan fingerprint density at radius 3 is 2.58 bits per heavy atom. The van der Waals surface area contributed by atoms with Gasteiger partial charge >= 0.3 is 0 Å². The van der Waals surface area contributed by atoms with E-state index < -0.39 is 15.7 Å². The number of para-hydroxylation sites is 1. The van der Waals surface area contributed by atoms with Crippen LogP contribution in [-0.2, 0) is 15.6 Å². The van der Waals surface area contributed by atoms with Gasteiger partial charge in [-0.2, -0.15) is 0 Å². The first-order valence-corrected chi connectivity index (χ1v) is 10.3. The van der Waals surface area contributed by atoms with E-state index in [0.29, 0.717) is 16.0 Å². The topological polar surface area (TPSA) is 54.5 Å². The van der Waals surface area contributed by atoms with Crippen molar-refractivity contribution in [1.82, 2.24) is 0 Å². The van der Waals surface area contributed by atoms with E-state index in [9.17, 15) is 17.6 Å². The largest absolute Gasteiger partial charge is 0.308 e. The van der Waals surface area contributed by atoms with E-state index >= 15 is 0 Å². The van der Waals surface area contributed by atoms with E-state index in [1.807, 2.05) is 0 Å². The summed E-state index contributed by atoms with van der Waals surface area (Å²) in [6, 6.07) is 14.4. The van der Waals surface area contributed by atoms with Crippen LogP contribution < -0.4 is 4.90 Å². The summed E-state index contributed by atoms with van der Waals surface area (Å²) in [4.78, 5) is 15.5. The second-order valence-electron chi connectivity index (χ2n) is 6.04. The van der Waals surface area contributed by atoms with Crippen LogP contribution in [0.15, 0.2) is 59.5 Å². The van der Waals surface area contributed by atoms with E-state index in [-0.39, 0.29) is 22.2 Å². The lowest BCUT2D eigenvalue weighted by molar-refractivity contribution is 0.0996. The molecular formula is C19H14FNO3S2. The van der Waals surface area contributed by atoms with E-state index in [4.69, 9.17) is 0 Å². The molecule has 0 saturated heterocycles. The zero-order chi connectivity index (χ0) is 18.5. The maximum atomic E-state index is 14.0. The molecule has 0 fully saturated rings. The number of sulfone groups is 1. The summed E-state index contributed by atoms with van der Waals surface area (Å²) < 4.78 is 38.9. The third-order valence-corrected chi connectivity index (χ3v) is 7.27. The zero-order valence-corrected chi connectivity index (χ0v) is 15.4. The first kappa shape index (κ1) is 16.9. The molecule has 1 aromatic heterocycles. The minimum Gasteiger partial charge on any atom is -0.308 e. The number of rotatable bonds is 2. The fourth-order valence-electron chi connectivity index (χ4n) is 3.08. The molecule has 1 aliphatic rings. The minimum absolute atomic E-state index is 0.132. The fraction of sp³-hybridized carbons (Fsp3) is 0.105. The molecule has 2 heterocycles. The molecule has 132 valence electrons. The van der Waals surface area contributed by atoms with Gasteiger partial charge in [0.15, 0.2) is 9.84 Å². The summed E-state index contributed by atoms with van der Waals surface area (Å²) in [7, 11) is -1.92. The van der Waals surface area contributed by atoms with Crippen LogP contribution in [0, 0.1) is 5.82 Å². The third kappa shape index (κ3) is 2.64. The Labute approximate surface area is 154 Å². The summed E-state index contributed by atoms with van der Waals surface area (Å²) in [6.45, 7) is 0. The molecule has 0 aliphatic carbocycles. The number of amides is 1. The molecule has 1 amide bonds. The number of halogens is 1. The van der Waals surface area contributed by atoms with Crippen LogP contribution in [0.1, 0.15) is 15.2 Å². The number of nitrogens with zero attached hydrogens (tertiary/aromatic N) is 1. The maximum Gasteiger partial charge on any atom is 0.268 e. The van der Waals surface area contributed by atoms with Crippen LogP contribution in [0.25, 0.3) is 10.4 Å². The molecule has 1 aliphatic heterocycles. The lowest BCUT2D eigenvalue weighted by Crippen LogP contribution is -2.26. The molecule has 4 nitrogen and oxygen atoms in total. The van der Waals surface area contributed by atoms with Gasteiger partial charge in [-0.3, -0.25) is 4.79 Å². The van der Waals surface area contributed by atoms with Crippen LogP contribution >= 0.6 is 11.3 Å². The van der Waals surface area contributed by atoms with Gasteiger partial charge < -0.3 is 4.90 Å². The average molecular weight is 387 g/mol. The second kappa shape index (κ2) is 6.03. The van der Waals surface area contributed by atoms with E-state index in [1.54, 1.807) is 42.5 Å². The highest BCUT2D eigenvalue weighted by Gasteiger charge is 2.31. The highest BCUT2D eigenvalue weighted by molar-refractivity contribution is 7.91. The Bertz CT molecular complexity index is 1140. The molecule has 0 atom stereocenters. The van der Waals surface area contributed by atoms with E-state index in [1.165, 1.54) is 35.4 Å². The predicted octanol–water partition coefficient (Wildman–Crippen LogP) is 4.12. The summed E-state index contributed by atoms with van der Waals surface area (Å²) >= 11 is 1.24. The highest BCUT2D eigenvalue weighted by Crippen LogP contribution is 2.43. The van der Waals surface area contributed by atoms with Crippen molar-refractivity contribution < 1.29 is 17.6 Å². The number of hydrogen-bond acceptors (Lipinski definition) is 4. The summed E-state index contributed by atoms with van der Waals surface area (Å²) in [6.07, 6.45) is 0. The lowest BCUT2D eigenvalue weighted by atomic mass is 10.1. The Morgan fingerprint density at radius 1 is 1.12 bits per heavy atom. The fourth-order valence-corrected chi connectivity index (χ4v) is 6.01. The highest BCUT2D eigenvalue weighted by atomic mass is 32.2. The minimum atomic E-state index is -3.43. The number of anilines is 1. The normalized spacial score (nSPS) is 14.4. The Balaban J connectivity index is 1.78. The number of benzene rings is 2. The third-order valence-electron chi connectivity index (χ3n) is 4.35. The van der Waals surface area contributed by atoms with Gasteiger partial charge in [-0.05, 0) is 29.8 Å². The van der Waals surface area contributed by atoms with Crippen LogP contribution in [0.3, 0.4) is 0 Å². The quantitative estimate of drug-likeness (QED) is 0.665. The van der Waals surface area contributed by atoms with Crippen LogP contribution in [0.5, 0.6) is 0 Å². The first-order chi connectivity index (χ1) is 12.4. The molecule has 0 spiro atoms. The van der Waals surface area contributed by atoms with Crippen LogP contribution in [0.2, 0.25) is 0 Å². The van der Waals surface area contributed by atoms with Crippen molar-refractivity contribution in [3.63, 3.8) is 0 Å². The van der Waals surface area contributed by atoms with Crippen LogP contribution in [0.4, 0.5) is 10.1 Å². The van der Waals surface area contributed by atoms with Gasteiger partial charge in [-0.15, -0.1) is 11.3 Å². The SMILES string of the molecule is CN(C(=O)c1cc2c(s1)-c1ccccc1S(=O)(=O)C2)c1ccccc1F. The first-order valence-electron chi connectivity index (χ1n) is 7.86. The lowest BCUT2D eigenvalue weighted by Gasteiger charge is -2.16. The molecule has 4 rings (SSSR count). The average Bonchev–Trinajstić information content (AvgIpc) is 3.04. The van der Waals surface area contributed by atoms with Gasteiger partial charge in [0.2, 0.25) is 0 Å². The molecular weight excluding hydrogens is 373 g/mol. The van der Waals surface area contributed by atoms with Crippen LogP contribution in [-0.4, -0.2) is 21.4 Å². The summed E-state index contributed by atoms with van der Waals surface area (Å²) in [5.41, 5.74) is 1.40. The van der Waals surface area contributed by atoms with Crippen molar-refractivity contribution in [2.45, 2.75) is 10.6 Å². The van der Waals surface area contributed by atoms with Gasteiger partial charge in [0.1, 0.15) is 5.82 Å². The van der Waals surface area contributed by atoms with Gasteiger partial charge in [0, 0.05) is 17.5 Å². The molecule has 0 bridgehead atoms. The van der Waals surface area contributed by atoms with Crippen molar-refractivity contribution in [3.05, 3.63) is 70.9 Å². The molecule has 0 radical (unpaired) electrons. The van der Waals surface area contributed by atoms with Gasteiger partial charge in [0.05, 0.1) is 21.2 Å². The summed E-state index contributed by atoms with van der Waals surface area (Å²) in [5, 5.41) is 0. The van der Waals surface area contributed by atoms with Gasteiger partial charge in [-0.1, -0.05) is 30.3 Å². The van der Waals surface area contributed by atoms with E-state index in [0.717, 1.165) is 4.88 Å². The van der Waals surface area contributed by atoms with Crippen molar-refractivity contribution >= 4 is 32.8 Å².